The SMILES string of the molecule is CCc1nn(C)c(NC2CC2C)c1N. The van der Waals surface area contributed by atoms with E-state index in [0.717, 1.165) is 29.5 Å². The second-order valence-corrected chi connectivity index (χ2v) is 4.15. The van der Waals surface area contributed by atoms with Gasteiger partial charge in [-0.3, -0.25) is 4.68 Å². The van der Waals surface area contributed by atoms with Crippen LogP contribution in [0.2, 0.25) is 0 Å². The average Bonchev–Trinajstić information content (AvgIpc) is 2.78. The Balaban J connectivity index is 2.19. The lowest BCUT2D eigenvalue weighted by Crippen LogP contribution is -2.09. The smallest absolute Gasteiger partial charge is 0.148 e. The lowest BCUT2D eigenvalue weighted by molar-refractivity contribution is 0.744. The summed E-state index contributed by atoms with van der Waals surface area (Å²) in [5.74, 6) is 1.76. The molecule has 2 rings (SSSR count). The minimum absolute atomic E-state index is 0.595. The van der Waals surface area contributed by atoms with Crippen LogP contribution in [-0.2, 0) is 13.5 Å². The van der Waals surface area contributed by atoms with Gasteiger partial charge in [0.15, 0.2) is 0 Å². The molecule has 1 saturated carbocycles. The molecule has 0 spiro atoms. The third-order valence-corrected chi connectivity index (χ3v) is 2.93. The molecule has 0 radical (unpaired) electrons. The number of aryl methyl sites for hydroxylation is 2. The summed E-state index contributed by atoms with van der Waals surface area (Å²) in [5.41, 5.74) is 7.79. The van der Waals surface area contributed by atoms with Crippen LogP contribution in [0, 0.1) is 5.92 Å². The number of aromatic nitrogens is 2. The summed E-state index contributed by atoms with van der Waals surface area (Å²) in [5, 5.41) is 7.80. The Morgan fingerprint density at radius 1 is 1.64 bits per heavy atom. The van der Waals surface area contributed by atoms with Gasteiger partial charge in [-0.1, -0.05) is 13.8 Å². The second kappa shape index (κ2) is 3.19. The lowest BCUT2D eigenvalue weighted by Gasteiger charge is -2.05. The van der Waals surface area contributed by atoms with Crippen LogP contribution in [0.5, 0.6) is 0 Å². The monoisotopic (exact) mass is 194 g/mol. The molecule has 0 saturated heterocycles. The summed E-state index contributed by atoms with van der Waals surface area (Å²) in [6.07, 6.45) is 2.13. The first-order valence-corrected chi connectivity index (χ1v) is 5.21. The Morgan fingerprint density at radius 2 is 2.29 bits per heavy atom. The van der Waals surface area contributed by atoms with E-state index in [1.165, 1.54) is 6.42 Å². The van der Waals surface area contributed by atoms with Gasteiger partial charge in [-0.05, 0) is 18.8 Å². The average molecular weight is 194 g/mol. The fourth-order valence-electron chi connectivity index (χ4n) is 1.73. The first-order chi connectivity index (χ1) is 6.63. The highest BCUT2D eigenvalue weighted by atomic mass is 15.3. The Morgan fingerprint density at radius 3 is 2.71 bits per heavy atom. The molecule has 4 heteroatoms. The van der Waals surface area contributed by atoms with E-state index in [9.17, 15) is 0 Å². The molecule has 2 unspecified atom stereocenters. The summed E-state index contributed by atoms with van der Waals surface area (Å²) in [6.45, 7) is 4.31. The molecule has 0 aliphatic heterocycles. The number of rotatable bonds is 3. The molecule has 0 bridgehead atoms. The van der Waals surface area contributed by atoms with Crippen LogP contribution in [0.15, 0.2) is 0 Å². The van der Waals surface area contributed by atoms with Crippen molar-refractivity contribution in [3.8, 4) is 0 Å². The Kier molecular flexibility index (Phi) is 2.13. The van der Waals surface area contributed by atoms with E-state index in [4.69, 9.17) is 5.73 Å². The van der Waals surface area contributed by atoms with Crippen molar-refractivity contribution in [3.05, 3.63) is 5.69 Å². The Hall–Kier alpha value is -1.19. The van der Waals surface area contributed by atoms with Crippen LogP contribution in [0.1, 0.15) is 26.0 Å². The van der Waals surface area contributed by atoms with Gasteiger partial charge in [0.25, 0.3) is 0 Å². The topological polar surface area (TPSA) is 55.9 Å². The number of anilines is 2. The summed E-state index contributed by atoms with van der Waals surface area (Å²) in [6, 6.07) is 0.595. The normalized spacial score (nSPS) is 25.1. The summed E-state index contributed by atoms with van der Waals surface area (Å²) < 4.78 is 1.85. The predicted molar refractivity (Wildman–Crippen MR) is 58.2 cm³/mol. The van der Waals surface area contributed by atoms with E-state index in [1.54, 1.807) is 0 Å². The fourth-order valence-corrected chi connectivity index (χ4v) is 1.73. The fraction of sp³-hybridized carbons (Fsp3) is 0.700. The van der Waals surface area contributed by atoms with Gasteiger partial charge in [0.05, 0.1) is 11.4 Å². The van der Waals surface area contributed by atoms with Crippen molar-refractivity contribution in [2.45, 2.75) is 32.7 Å². The number of nitrogen functional groups attached to an aromatic ring is 1. The van der Waals surface area contributed by atoms with Gasteiger partial charge in [0.2, 0.25) is 0 Å². The molecular formula is C10H18N4. The number of nitrogens with zero attached hydrogens (tertiary/aromatic N) is 2. The molecular weight excluding hydrogens is 176 g/mol. The Labute approximate surface area is 84.5 Å². The van der Waals surface area contributed by atoms with Crippen molar-refractivity contribution in [2.24, 2.45) is 13.0 Å². The highest BCUT2D eigenvalue weighted by Gasteiger charge is 2.33. The highest BCUT2D eigenvalue weighted by molar-refractivity contribution is 5.65. The minimum Gasteiger partial charge on any atom is -0.394 e. The summed E-state index contributed by atoms with van der Waals surface area (Å²) in [4.78, 5) is 0. The van der Waals surface area contributed by atoms with Gasteiger partial charge >= 0.3 is 0 Å². The van der Waals surface area contributed by atoms with Gasteiger partial charge in [-0.15, -0.1) is 0 Å². The zero-order valence-electron chi connectivity index (χ0n) is 9.04. The number of nitrogens with two attached hydrogens (primary N) is 1. The van der Waals surface area contributed by atoms with Crippen LogP contribution in [0.3, 0.4) is 0 Å². The highest BCUT2D eigenvalue weighted by Crippen LogP contribution is 2.34. The first kappa shape index (κ1) is 9.37. The van der Waals surface area contributed by atoms with Gasteiger partial charge < -0.3 is 11.1 Å². The molecule has 0 aromatic carbocycles. The second-order valence-electron chi connectivity index (χ2n) is 4.15. The van der Waals surface area contributed by atoms with E-state index in [0.29, 0.717) is 6.04 Å². The molecule has 4 nitrogen and oxygen atoms in total. The zero-order valence-corrected chi connectivity index (χ0v) is 9.04. The molecule has 78 valence electrons. The van der Waals surface area contributed by atoms with E-state index < -0.39 is 0 Å². The molecule has 14 heavy (non-hydrogen) atoms. The maximum atomic E-state index is 5.99. The van der Waals surface area contributed by atoms with E-state index in [-0.39, 0.29) is 0 Å². The zero-order chi connectivity index (χ0) is 10.3. The molecule has 1 aromatic rings. The van der Waals surface area contributed by atoms with Crippen LogP contribution in [0.25, 0.3) is 0 Å². The molecule has 1 heterocycles. The maximum Gasteiger partial charge on any atom is 0.148 e. The third-order valence-electron chi connectivity index (χ3n) is 2.93. The molecule has 3 N–H and O–H groups in total. The van der Waals surface area contributed by atoms with Crippen molar-refractivity contribution >= 4 is 11.5 Å². The molecule has 1 aliphatic carbocycles. The summed E-state index contributed by atoms with van der Waals surface area (Å²) >= 11 is 0. The van der Waals surface area contributed by atoms with Crippen molar-refractivity contribution in [3.63, 3.8) is 0 Å². The lowest BCUT2D eigenvalue weighted by atomic mass is 10.3. The maximum absolute atomic E-state index is 5.99. The van der Waals surface area contributed by atoms with Gasteiger partial charge in [0.1, 0.15) is 5.82 Å². The van der Waals surface area contributed by atoms with Crippen molar-refractivity contribution in [2.75, 3.05) is 11.1 Å². The molecule has 1 aromatic heterocycles. The quantitative estimate of drug-likeness (QED) is 0.764. The summed E-state index contributed by atoms with van der Waals surface area (Å²) in [7, 11) is 1.94. The van der Waals surface area contributed by atoms with E-state index in [1.807, 2.05) is 11.7 Å². The van der Waals surface area contributed by atoms with E-state index in [2.05, 4.69) is 24.3 Å². The third kappa shape index (κ3) is 1.45. The van der Waals surface area contributed by atoms with Gasteiger partial charge in [0, 0.05) is 13.1 Å². The van der Waals surface area contributed by atoms with Gasteiger partial charge in [-0.25, -0.2) is 0 Å². The molecule has 1 fully saturated rings. The number of hydrogen-bond acceptors (Lipinski definition) is 3. The minimum atomic E-state index is 0.595. The van der Waals surface area contributed by atoms with E-state index >= 15 is 0 Å². The predicted octanol–water partition coefficient (Wildman–Crippen LogP) is 1.38. The largest absolute Gasteiger partial charge is 0.394 e. The molecule has 1 aliphatic rings. The van der Waals surface area contributed by atoms with Gasteiger partial charge in [-0.2, -0.15) is 5.10 Å². The van der Waals surface area contributed by atoms with Crippen LogP contribution >= 0.6 is 0 Å². The van der Waals surface area contributed by atoms with Crippen LogP contribution in [0.4, 0.5) is 11.5 Å². The van der Waals surface area contributed by atoms with Crippen molar-refractivity contribution in [1.82, 2.24) is 9.78 Å². The number of hydrogen-bond donors (Lipinski definition) is 2. The van der Waals surface area contributed by atoms with Crippen LogP contribution in [-0.4, -0.2) is 15.8 Å². The Bertz CT molecular complexity index is 342. The molecule has 2 atom stereocenters. The van der Waals surface area contributed by atoms with Crippen molar-refractivity contribution < 1.29 is 0 Å². The van der Waals surface area contributed by atoms with Crippen molar-refractivity contribution in [1.29, 1.82) is 0 Å². The first-order valence-electron chi connectivity index (χ1n) is 5.21. The number of nitrogens with one attached hydrogen (secondary N) is 1. The standard InChI is InChI=1S/C10H18N4/c1-4-7-9(11)10(14(3)13-7)12-8-5-6(8)2/h6,8,12H,4-5,11H2,1-3H3. The molecule has 0 amide bonds. The van der Waals surface area contributed by atoms with Crippen LogP contribution < -0.4 is 11.1 Å².